The molecule has 2 heterocycles. The van der Waals surface area contributed by atoms with Crippen LogP contribution in [0.1, 0.15) is 51.6 Å². The highest BCUT2D eigenvalue weighted by Gasteiger charge is 2.33. The van der Waals surface area contributed by atoms with Crippen LogP contribution in [0.25, 0.3) is 0 Å². The van der Waals surface area contributed by atoms with Gasteiger partial charge in [-0.2, -0.15) is 0 Å². The molecule has 2 atom stereocenters. The summed E-state index contributed by atoms with van der Waals surface area (Å²) in [6, 6.07) is 5.84. The van der Waals surface area contributed by atoms with Gasteiger partial charge < -0.3 is 19.7 Å². The first-order valence-corrected chi connectivity index (χ1v) is 9.68. The van der Waals surface area contributed by atoms with Crippen LogP contribution in [0.15, 0.2) is 18.2 Å². The Morgan fingerprint density at radius 2 is 1.89 bits per heavy atom. The zero-order chi connectivity index (χ0) is 19.4. The fraction of sp³-hybridized carbons (Fsp3) is 0.600. The van der Waals surface area contributed by atoms with Crippen molar-refractivity contribution in [3.05, 3.63) is 23.8 Å². The maximum atomic E-state index is 12.3. The molecule has 0 aromatic heterocycles. The quantitative estimate of drug-likeness (QED) is 0.740. The Kier molecular flexibility index (Phi) is 5.89. The molecule has 3 N–H and O–H groups in total. The van der Waals surface area contributed by atoms with Gasteiger partial charge in [0.2, 0.25) is 0 Å². The molecule has 3 rings (SSSR count). The molecule has 0 bridgehead atoms. The number of hydrogen-bond donors (Lipinski definition) is 3. The van der Waals surface area contributed by atoms with E-state index in [0.717, 1.165) is 42.9 Å². The van der Waals surface area contributed by atoms with Crippen LogP contribution in [-0.4, -0.2) is 43.8 Å². The zero-order valence-corrected chi connectivity index (χ0v) is 16.4. The van der Waals surface area contributed by atoms with E-state index >= 15 is 0 Å². The van der Waals surface area contributed by atoms with Crippen molar-refractivity contribution in [1.82, 2.24) is 10.6 Å². The van der Waals surface area contributed by atoms with Crippen LogP contribution >= 0.6 is 0 Å². The molecule has 0 aliphatic carbocycles. The van der Waals surface area contributed by atoms with Crippen molar-refractivity contribution in [2.75, 3.05) is 26.3 Å². The Morgan fingerprint density at radius 1 is 1.15 bits per heavy atom. The molecule has 2 aliphatic rings. The summed E-state index contributed by atoms with van der Waals surface area (Å²) in [5.41, 5.74) is 0.774. The van der Waals surface area contributed by atoms with E-state index in [1.165, 1.54) is 4.90 Å². The molecule has 0 saturated carbocycles. The number of likely N-dealkylation sites (tertiary alicyclic amines) is 1. The molecule has 7 heteroatoms. The summed E-state index contributed by atoms with van der Waals surface area (Å²) in [6.07, 6.45) is 2.94. The lowest BCUT2D eigenvalue weighted by molar-refractivity contribution is -0.910. The minimum atomic E-state index is -0.446. The number of quaternary nitrogens is 1. The Balaban J connectivity index is 1.63. The second-order valence-electron chi connectivity index (χ2n) is 8.29. The number of hydrogen-bond acceptors (Lipinski definition) is 4. The van der Waals surface area contributed by atoms with E-state index in [1.807, 2.05) is 32.9 Å². The molecule has 1 aromatic carbocycles. The molecule has 0 spiro atoms. The molecule has 148 valence electrons. The average Bonchev–Trinajstić information content (AvgIpc) is 2.88. The number of urea groups is 1. The van der Waals surface area contributed by atoms with Gasteiger partial charge in [0.15, 0.2) is 18.0 Å². The summed E-state index contributed by atoms with van der Waals surface area (Å²) in [5.74, 6) is 1.31. The maximum Gasteiger partial charge on any atom is 0.322 e. The van der Waals surface area contributed by atoms with Crippen molar-refractivity contribution in [3.8, 4) is 11.5 Å². The van der Waals surface area contributed by atoms with Gasteiger partial charge in [0.1, 0.15) is 6.04 Å². The van der Waals surface area contributed by atoms with Gasteiger partial charge in [0, 0.05) is 30.4 Å². The first kappa shape index (κ1) is 19.5. The van der Waals surface area contributed by atoms with E-state index in [-0.39, 0.29) is 24.0 Å². The third-order valence-corrected chi connectivity index (χ3v) is 4.79. The highest BCUT2D eigenvalue weighted by Crippen LogP contribution is 2.33. The molecule has 2 aliphatic heterocycles. The largest absolute Gasteiger partial charge is 0.490 e. The predicted molar refractivity (Wildman–Crippen MR) is 101 cm³/mol. The second-order valence-corrected chi connectivity index (χ2v) is 8.29. The van der Waals surface area contributed by atoms with Crippen molar-refractivity contribution in [1.29, 1.82) is 0 Å². The van der Waals surface area contributed by atoms with Crippen molar-refractivity contribution in [3.63, 3.8) is 0 Å². The monoisotopic (exact) mass is 376 g/mol. The van der Waals surface area contributed by atoms with Crippen molar-refractivity contribution >= 4 is 11.9 Å². The lowest BCUT2D eigenvalue weighted by Gasteiger charge is -2.23. The summed E-state index contributed by atoms with van der Waals surface area (Å²) in [7, 11) is 0. The van der Waals surface area contributed by atoms with E-state index in [0.29, 0.717) is 13.2 Å². The maximum absolute atomic E-state index is 12.3. The third-order valence-electron chi connectivity index (χ3n) is 4.79. The topological polar surface area (TPSA) is 81.1 Å². The molecule has 0 radical (unpaired) electrons. The van der Waals surface area contributed by atoms with Gasteiger partial charge in [-0.15, -0.1) is 0 Å². The van der Waals surface area contributed by atoms with Crippen LogP contribution in [0.3, 0.4) is 0 Å². The number of rotatable bonds is 3. The number of benzene rings is 1. The molecule has 1 aromatic rings. The fourth-order valence-electron chi connectivity index (χ4n) is 3.67. The fourth-order valence-corrected chi connectivity index (χ4v) is 3.67. The lowest BCUT2D eigenvalue weighted by atomic mass is 10.0. The van der Waals surface area contributed by atoms with E-state index in [2.05, 4.69) is 16.7 Å². The summed E-state index contributed by atoms with van der Waals surface area (Å²) in [5, 5.41) is 5.19. The first-order chi connectivity index (χ1) is 12.8. The van der Waals surface area contributed by atoms with Crippen LogP contribution in [0.2, 0.25) is 0 Å². The first-order valence-electron chi connectivity index (χ1n) is 9.68. The number of ether oxygens (including phenoxy) is 2. The summed E-state index contributed by atoms with van der Waals surface area (Å²) in [4.78, 5) is 25.4. The number of imide groups is 1. The average molecular weight is 376 g/mol. The van der Waals surface area contributed by atoms with Gasteiger partial charge in [-0.3, -0.25) is 10.1 Å². The van der Waals surface area contributed by atoms with E-state index < -0.39 is 6.03 Å². The van der Waals surface area contributed by atoms with Crippen LogP contribution in [0, 0.1) is 0 Å². The number of amides is 3. The Hall–Kier alpha value is -2.28. The highest BCUT2D eigenvalue weighted by atomic mass is 16.5. The highest BCUT2D eigenvalue weighted by molar-refractivity contribution is 5.95. The van der Waals surface area contributed by atoms with Crippen LogP contribution in [-0.2, 0) is 4.79 Å². The standard InChI is InChI=1S/C20H29N3O4/c1-20(2,3)22-19(25)21-18(24)13-23-9-4-6-15(23)14-7-8-16-17(12-14)27-11-5-10-26-16/h7-8,12,15H,4-6,9-11,13H2,1-3H3,(H2,21,22,24,25)/p+1/t15-/m1/s1. The number of carbonyl (C=O) groups is 2. The number of carbonyl (C=O) groups excluding carboxylic acids is 2. The minimum absolute atomic E-state index is 0.221. The van der Waals surface area contributed by atoms with Crippen LogP contribution in [0.4, 0.5) is 4.79 Å². The molecule has 27 heavy (non-hydrogen) atoms. The van der Waals surface area contributed by atoms with Gasteiger partial charge in [0.25, 0.3) is 5.91 Å². The van der Waals surface area contributed by atoms with Gasteiger partial charge in [-0.1, -0.05) is 0 Å². The number of fused-ring (bicyclic) bond motifs is 1. The van der Waals surface area contributed by atoms with Gasteiger partial charge in [0.05, 0.1) is 19.8 Å². The van der Waals surface area contributed by atoms with E-state index in [1.54, 1.807) is 0 Å². The molecule has 3 amide bonds. The van der Waals surface area contributed by atoms with Gasteiger partial charge >= 0.3 is 6.03 Å². The van der Waals surface area contributed by atoms with E-state index in [9.17, 15) is 9.59 Å². The molecule has 7 nitrogen and oxygen atoms in total. The smallest absolute Gasteiger partial charge is 0.322 e. The third kappa shape index (κ3) is 5.35. The molecule has 1 saturated heterocycles. The molecule has 1 unspecified atom stereocenters. The summed E-state index contributed by atoms with van der Waals surface area (Å²) >= 11 is 0. The summed E-state index contributed by atoms with van der Waals surface area (Å²) < 4.78 is 11.5. The predicted octanol–water partition coefficient (Wildman–Crippen LogP) is 1.19. The van der Waals surface area contributed by atoms with Gasteiger partial charge in [-0.25, -0.2) is 4.79 Å². The Labute approximate surface area is 160 Å². The molecule has 1 fully saturated rings. The van der Waals surface area contributed by atoms with Crippen LogP contribution in [0.5, 0.6) is 11.5 Å². The van der Waals surface area contributed by atoms with Gasteiger partial charge in [-0.05, 0) is 39.0 Å². The second kappa shape index (κ2) is 8.17. The molecular weight excluding hydrogens is 346 g/mol. The van der Waals surface area contributed by atoms with Crippen molar-refractivity contribution < 1.29 is 24.0 Å². The summed E-state index contributed by atoms with van der Waals surface area (Å²) in [6.45, 7) is 8.14. The normalized spacial score (nSPS) is 22.0. The SMILES string of the molecule is CC(C)(C)NC(=O)NC(=O)C[NH+]1CCC[C@@H]1c1ccc2c(c1)OCCCO2. The number of nitrogens with one attached hydrogen (secondary N) is 3. The Morgan fingerprint density at radius 3 is 2.63 bits per heavy atom. The minimum Gasteiger partial charge on any atom is -0.490 e. The zero-order valence-electron chi connectivity index (χ0n) is 16.4. The lowest BCUT2D eigenvalue weighted by Crippen LogP contribution is -3.11. The van der Waals surface area contributed by atoms with Crippen molar-refractivity contribution in [2.24, 2.45) is 0 Å². The molecular formula is C20H30N3O4+. The van der Waals surface area contributed by atoms with Crippen molar-refractivity contribution in [2.45, 2.75) is 51.6 Å². The van der Waals surface area contributed by atoms with Crippen LogP contribution < -0.4 is 25.0 Å². The Bertz CT molecular complexity index is 699. The van der Waals surface area contributed by atoms with E-state index in [4.69, 9.17) is 9.47 Å².